The molecule has 0 saturated heterocycles. The first kappa shape index (κ1) is 29.2. The molecule has 0 aromatic carbocycles. The molecule has 3 nitrogen and oxygen atoms in total. The average Bonchev–Trinajstić information content (AvgIpc) is 2.78. The van der Waals surface area contributed by atoms with Crippen LogP contribution >= 0.6 is 0 Å². The van der Waals surface area contributed by atoms with Crippen molar-refractivity contribution in [2.45, 2.75) is 60.3 Å². The minimum Gasteiger partial charge on any atom is -0.383 e. The molecule has 0 spiro atoms. The van der Waals surface area contributed by atoms with Gasteiger partial charge in [0.2, 0.25) is 0 Å². The monoisotopic (exact) mass is 435 g/mol. The second-order valence-electron chi connectivity index (χ2n) is 8.08. The second-order valence-corrected chi connectivity index (χ2v) is 8.08. The highest BCUT2D eigenvalue weighted by molar-refractivity contribution is 6.09. The highest BCUT2D eigenvalue weighted by Gasteiger charge is 2.19. The molecule has 1 rings (SSSR count). The smallest absolute Gasteiger partial charge is 0.132 e. The first-order valence-corrected chi connectivity index (χ1v) is 11.5. The van der Waals surface area contributed by atoms with Crippen molar-refractivity contribution in [3.8, 4) is 0 Å². The van der Waals surface area contributed by atoms with Crippen LogP contribution in [0.25, 0.3) is 0 Å². The normalized spacial score (nSPS) is 14.8. The largest absolute Gasteiger partial charge is 0.383 e. The topological polar surface area (TPSA) is 27.6 Å². The molecule has 1 aliphatic rings. The summed E-state index contributed by atoms with van der Waals surface area (Å²) in [4.78, 5) is 6.90. The van der Waals surface area contributed by atoms with Crippen molar-refractivity contribution in [2.75, 3.05) is 13.6 Å². The van der Waals surface area contributed by atoms with E-state index in [1.165, 1.54) is 12.8 Å². The fraction of sp³-hybridized carbons (Fsp3) is 0.414. The quantitative estimate of drug-likeness (QED) is 0.316. The van der Waals surface area contributed by atoms with Crippen molar-refractivity contribution >= 4 is 5.71 Å². The van der Waals surface area contributed by atoms with Crippen LogP contribution in [0.5, 0.6) is 0 Å². The minimum absolute atomic E-state index is 0.241. The summed E-state index contributed by atoms with van der Waals surface area (Å²) >= 11 is 0. The summed E-state index contributed by atoms with van der Waals surface area (Å²) in [6.45, 7) is 29.7. The lowest BCUT2D eigenvalue weighted by Crippen LogP contribution is -2.29. The number of nitrogens with zero attached hydrogens (tertiary/aromatic N) is 2. The molecule has 1 unspecified atom stereocenters. The third-order valence-corrected chi connectivity index (χ3v) is 5.18. The minimum atomic E-state index is 0.241. The van der Waals surface area contributed by atoms with Gasteiger partial charge in [0.15, 0.2) is 0 Å². The molecule has 0 aromatic heterocycles. The summed E-state index contributed by atoms with van der Waals surface area (Å²) in [5.74, 6) is 1.19. The van der Waals surface area contributed by atoms with E-state index in [4.69, 9.17) is 4.99 Å². The number of allylic oxidation sites excluding steroid dienone is 6. The maximum absolute atomic E-state index is 4.81. The Morgan fingerprint density at radius 3 is 2.34 bits per heavy atom. The summed E-state index contributed by atoms with van der Waals surface area (Å²) in [6, 6.07) is 0. The molecule has 0 bridgehead atoms. The lowest BCUT2D eigenvalue weighted by atomic mass is 10.0. The first-order chi connectivity index (χ1) is 15.2. The molecule has 32 heavy (non-hydrogen) atoms. The van der Waals surface area contributed by atoms with E-state index in [9.17, 15) is 0 Å². The number of hydrogen-bond donors (Lipinski definition) is 1. The van der Waals surface area contributed by atoms with Crippen LogP contribution in [0.3, 0.4) is 0 Å². The van der Waals surface area contributed by atoms with Gasteiger partial charge in [-0.15, -0.1) is 19.7 Å². The zero-order chi connectivity index (χ0) is 24.7. The second kappa shape index (κ2) is 15.9. The Morgan fingerprint density at radius 1 is 1.19 bits per heavy atom. The van der Waals surface area contributed by atoms with E-state index in [-0.39, 0.29) is 5.92 Å². The zero-order valence-electron chi connectivity index (χ0n) is 21.4. The average molecular weight is 436 g/mol. The van der Waals surface area contributed by atoms with Gasteiger partial charge in [-0.1, -0.05) is 63.3 Å². The van der Waals surface area contributed by atoms with Crippen LogP contribution in [0.4, 0.5) is 0 Å². The van der Waals surface area contributed by atoms with Crippen LogP contribution in [-0.2, 0) is 0 Å². The SMILES string of the molecule is C=C.C=CC(C=CC/C=C(\CC)CCC)CNC(=C)C1=NC(=C(C)C)N(C)C(C(=C)C)=C1. The van der Waals surface area contributed by atoms with Gasteiger partial charge in [0, 0.05) is 25.2 Å². The Balaban J connectivity index is 0.00000466. The Hall–Kier alpha value is -2.81. The number of likely N-dealkylation sites (N-methyl/N-ethyl adjacent to an activating group) is 1. The molecular weight excluding hydrogens is 390 g/mol. The lowest BCUT2D eigenvalue weighted by molar-refractivity contribution is 0.510. The maximum atomic E-state index is 4.81. The van der Waals surface area contributed by atoms with Gasteiger partial charge in [-0.25, -0.2) is 4.99 Å². The van der Waals surface area contributed by atoms with E-state index >= 15 is 0 Å². The fourth-order valence-electron chi connectivity index (χ4n) is 3.37. The van der Waals surface area contributed by atoms with Gasteiger partial charge >= 0.3 is 0 Å². The van der Waals surface area contributed by atoms with Crippen molar-refractivity contribution in [1.29, 1.82) is 0 Å². The van der Waals surface area contributed by atoms with Gasteiger partial charge in [-0.2, -0.15) is 0 Å². The Kier molecular flexibility index (Phi) is 14.5. The van der Waals surface area contributed by atoms with E-state index in [0.717, 1.165) is 53.5 Å². The van der Waals surface area contributed by atoms with Crippen molar-refractivity contribution in [1.82, 2.24) is 10.2 Å². The van der Waals surface area contributed by atoms with Crippen molar-refractivity contribution in [3.63, 3.8) is 0 Å². The molecular formula is C29H45N3. The molecule has 1 N–H and O–H groups in total. The molecule has 0 aliphatic carbocycles. The molecule has 0 saturated carbocycles. The summed E-state index contributed by atoms with van der Waals surface area (Å²) in [5.41, 5.74) is 6.43. The van der Waals surface area contributed by atoms with Crippen LogP contribution in [0, 0.1) is 5.92 Å². The Bertz CT molecular complexity index is 798. The molecule has 1 atom stereocenters. The Morgan fingerprint density at radius 2 is 1.84 bits per heavy atom. The predicted molar refractivity (Wildman–Crippen MR) is 146 cm³/mol. The maximum Gasteiger partial charge on any atom is 0.132 e. The molecule has 0 radical (unpaired) electrons. The standard InChI is InChI=1S/C27H41N3.C2H4/c1-10-15-23(11-2)16-13-14-17-24(12-3)19-28-22(8)25-18-26(20(4)5)30(9)27(29-25)21(6)7;1-2/h12,14,16-18,24,28H,3-4,8,10-11,13,15,19H2,1-2,5-7,9H3;1-2H2/b17-14?,23-16+;. The summed E-state index contributed by atoms with van der Waals surface area (Å²) in [5, 5.41) is 3.44. The zero-order valence-corrected chi connectivity index (χ0v) is 21.4. The van der Waals surface area contributed by atoms with Crippen LogP contribution in [0.15, 0.2) is 102 Å². The summed E-state index contributed by atoms with van der Waals surface area (Å²) in [7, 11) is 2.02. The van der Waals surface area contributed by atoms with Gasteiger partial charge in [-0.05, 0) is 57.3 Å². The lowest BCUT2D eigenvalue weighted by Gasteiger charge is -2.29. The van der Waals surface area contributed by atoms with Gasteiger partial charge in [0.25, 0.3) is 0 Å². The third kappa shape index (κ3) is 9.55. The van der Waals surface area contributed by atoms with E-state index in [0.29, 0.717) is 0 Å². The summed E-state index contributed by atoms with van der Waals surface area (Å²) in [6.07, 6.45) is 15.3. The predicted octanol–water partition coefficient (Wildman–Crippen LogP) is 7.87. The van der Waals surface area contributed by atoms with Gasteiger partial charge in [-0.3, -0.25) is 0 Å². The number of nitrogens with one attached hydrogen (secondary N) is 1. The van der Waals surface area contributed by atoms with Crippen LogP contribution in [-0.4, -0.2) is 24.2 Å². The van der Waals surface area contributed by atoms with Crippen LogP contribution in [0.2, 0.25) is 0 Å². The molecule has 0 fully saturated rings. The van der Waals surface area contributed by atoms with Gasteiger partial charge in [0.05, 0.1) is 11.4 Å². The van der Waals surface area contributed by atoms with E-state index in [2.05, 4.69) is 89.0 Å². The van der Waals surface area contributed by atoms with Gasteiger partial charge in [0.1, 0.15) is 5.82 Å². The summed E-state index contributed by atoms with van der Waals surface area (Å²) < 4.78 is 0. The van der Waals surface area contributed by atoms with E-state index in [1.807, 2.05) is 26.1 Å². The van der Waals surface area contributed by atoms with E-state index in [1.54, 1.807) is 5.57 Å². The number of hydrogen-bond acceptors (Lipinski definition) is 3. The number of aliphatic imine (C=N–C) groups is 1. The molecule has 0 amide bonds. The third-order valence-electron chi connectivity index (χ3n) is 5.18. The number of rotatable bonds is 12. The first-order valence-electron chi connectivity index (χ1n) is 11.5. The van der Waals surface area contributed by atoms with E-state index < -0.39 is 0 Å². The van der Waals surface area contributed by atoms with Crippen LogP contribution in [0.1, 0.15) is 60.3 Å². The molecule has 1 heterocycles. The van der Waals surface area contributed by atoms with Crippen molar-refractivity contribution in [3.05, 3.63) is 97.2 Å². The Labute approximate surface area is 198 Å². The highest BCUT2D eigenvalue weighted by atomic mass is 15.2. The van der Waals surface area contributed by atoms with Crippen molar-refractivity contribution in [2.24, 2.45) is 10.9 Å². The molecule has 176 valence electrons. The van der Waals surface area contributed by atoms with Gasteiger partial charge < -0.3 is 10.2 Å². The fourth-order valence-corrected chi connectivity index (χ4v) is 3.37. The van der Waals surface area contributed by atoms with Crippen molar-refractivity contribution < 1.29 is 0 Å². The van der Waals surface area contributed by atoms with Crippen LogP contribution < -0.4 is 5.32 Å². The molecule has 3 heteroatoms. The molecule has 1 aliphatic heterocycles. The molecule has 0 aromatic rings. The highest BCUT2D eigenvalue weighted by Crippen LogP contribution is 2.26.